The zero-order valence-corrected chi connectivity index (χ0v) is 10.6. The Labute approximate surface area is 111 Å². The predicted molar refractivity (Wildman–Crippen MR) is 76.4 cm³/mol. The van der Waals surface area contributed by atoms with Crippen molar-refractivity contribution in [1.82, 2.24) is 0 Å². The first-order chi connectivity index (χ1) is 9.36. The second kappa shape index (κ2) is 4.69. The normalized spacial score (nSPS) is 21.8. The number of benzene rings is 2. The van der Waals surface area contributed by atoms with Crippen LogP contribution in [0.25, 0.3) is 0 Å². The molecule has 1 unspecified atom stereocenters. The van der Waals surface area contributed by atoms with Crippen molar-refractivity contribution in [2.45, 2.75) is 5.92 Å². The van der Waals surface area contributed by atoms with Gasteiger partial charge < -0.3 is 5.21 Å². The molecule has 1 aliphatic rings. The number of rotatable bonds is 1. The lowest BCUT2D eigenvalue weighted by Crippen LogP contribution is -2.14. The highest BCUT2D eigenvalue weighted by Gasteiger charge is 2.35. The number of hydrogen-bond donors (Lipinski definition) is 1. The molecule has 0 aromatic heterocycles. The van der Waals surface area contributed by atoms with Gasteiger partial charge in [-0.25, -0.2) is 0 Å². The fourth-order valence-corrected chi connectivity index (χ4v) is 2.69. The Hall–Kier alpha value is -2.42. The summed E-state index contributed by atoms with van der Waals surface area (Å²) in [7, 11) is 1.78. The lowest BCUT2D eigenvalue weighted by molar-refractivity contribution is 0.318. The summed E-state index contributed by atoms with van der Waals surface area (Å²) in [5.41, 5.74) is 4.72. The zero-order chi connectivity index (χ0) is 13.2. The molecule has 0 radical (unpaired) electrons. The summed E-state index contributed by atoms with van der Waals surface area (Å²) in [6.45, 7) is 0. The summed E-state index contributed by atoms with van der Waals surface area (Å²) in [6, 6.07) is 17.9. The summed E-state index contributed by atoms with van der Waals surface area (Å²) in [5, 5.41) is 12.9. The van der Waals surface area contributed by atoms with Gasteiger partial charge in [0.2, 0.25) is 0 Å². The summed E-state index contributed by atoms with van der Waals surface area (Å²) in [6.07, 6.45) is 0. The maximum atomic E-state index is 9.39. The molecule has 0 aliphatic heterocycles. The van der Waals surface area contributed by atoms with Crippen molar-refractivity contribution in [2.24, 2.45) is 10.1 Å². The van der Waals surface area contributed by atoms with E-state index in [0.29, 0.717) is 5.71 Å². The van der Waals surface area contributed by atoms with Gasteiger partial charge in [0.15, 0.2) is 0 Å². The molecular formula is C16H14N2O. The van der Waals surface area contributed by atoms with Crippen molar-refractivity contribution in [3.8, 4) is 0 Å². The molecule has 0 heterocycles. The molecule has 1 atom stereocenters. The second-order valence-corrected chi connectivity index (χ2v) is 4.48. The molecule has 0 saturated carbocycles. The Bertz CT molecular complexity index is 620. The number of fused-ring (bicyclic) bond motifs is 1. The molecule has 0 fully saturated rings. The van der Waals surface area contributed by atoms with Crippen LogP contribution in [0.2, 0.25) is 0 Å². The highest BCUT2D eigenvalue weighted by molar-refractivity contribution is 6.33. The van der Waals surface area contributed by atoms with E-state index in [0.717, 1.165) is 22.4 Å². The second-order valence-electron chi connectivity index (χ2n) is 4.48. The summed E-state index contributed by atoms with van der Waals surface area (Å²) < 4.78 is 0. The zero-order valence-electron chi connectivity index (χ0n) is 10.6. The van der Waals surface area contributed by atoms with Crippen molar-refractivity contribution in [2.75, 3.05) is 7.05 Å². The molecule has 1 N–H and O–H groups in total. The minimum atomic E-state index is -0.0893. The smallest absolute Gasteiger partial charge is 0.101 e. The Morgan fingerprint density at radius 3 is 2.00 bits per heavy atom. The molecule has 3 nitrogen and oxygen atoms in total. The first-order valence-corrected chi connectivity index (χ1v) is 6.20. The maximum absolute atomic E-state index is 9.39. The van der Waals surface area contributed by atoms with Crippen LogP contribution in [0.1, 0.15) is 22.6 Å². The van der Waals surface area contributed by atoms with E-state index in [2.05, 4.69) is 10.1 Å². The lowest BCUT2D eigenvalue weighted by Gasteiger charge is -2.11. The molecule has 3 heteroatoms. The van der Waals surface area contributed by atoms with E-state index in [1.807, 2.05) is 54.6 Å². The largest absolute Gasteiger partial charge is 0.411 e. The van der Waals surface area contributed by atoms with Crippen molar-refractivity contribution >= 4 is 11.4 Å². The first kappa shape index (κ1) is 11.7. The minimum Gasteiger partial charge on any atom is -0.411 e. The van der Waals surface area contributed by atoms with Gasteiger partial charge in [-0.15, -0.1) is 0 Å². The fourth-order valence-electron chi connectivity index (χ4n) is 2.69. The molecule has 0 spiro atoms. The summed E-state index contributed by atoms with van der Waals surface area (Å²) >= 11 is 0. The molecule has 0 saturated heterocycles. The van der Waals surface area contributed by atoms with E-state index < -0.39 is 0 Å². The standard InChI is InChI=1S/C16H14N2O/c1-17-15-12-9-5-6-10-13(12)16(18-19)14(15)11-7-3-2-4-8-11/h2-10,14,19H,1H3/b17-15-,18-16-. The molecule has 2 aromatic rings. The van der Waals surface area contributed by atoms with Crippen LogP contribution < -0.4 is 0 Å². The van der Waals surface area contributed by atoms with Gasteiger partial charge in [-0.05, 0) is 5.56 Å². The molecule has 0 amide bonds. The molecule has 0 bridgehead atoms. The highest BCUT2D eigenvalue weighted by Crippen LogP contribution is 2.34. The molecule has 2 aromatic carbocycles. The van der Waals surface area contributed by atoms with Crippen LogP contribution in [0.3, 0.4) is 0 Å². The highest BCUT2D eigenvalue weighted by atomic mass is 16.4. The number of aliphatic imine (C=N–C) groups is 1. The third-order valence-corrected chi connectivity index (χ3v) is 3.51. The summed E-state index contributed by atoms with van der Waals surface area (Å²) in [4.78, 5) is 4.41. The number of nitrogens with zero attached hydrogens (tertiary/aromatic N) is 2. The van der Waals surface area contributed by atoms with Crippen LogP contribution in [-0.4, -0.2) is 23.7 Å². The molecular weight excluding hydrogens is 236 g/mol. The van der Waals surface area contributed by atoms with E-state index >= 15 is 0 Å². The topological polar surface area (TPSA) is 45.0 Å². The van der Waals surface area contributed by atoms with Crippen molar-refractivity contribution in [3.05, 3.63) is 71.3 Å². The van der Waals surface area contributed by atoms with E-state index in [9.17, 15) is 5.21 Å². The van der Waals surface area contributed by atoms with Gasteiger partial charge in [0, 0.05) is 18.2 Å². The maximum Gasteiger partial charge on any atom is 0.101 e. The van der Waals surface area contributed by atoms with Crippen molar-refractivity contribution in [1.29, 1.82) is 0 Å². The third kappa shape index (κ3) is 1.74. The van der Waals surface area contributed by atoms with Crippen LogP contribution >= 0.6 is 0 Å². The van der Waals surface area contributed by atoms with Crippen LogP contribution in [0.15, 0.2) is 64.7 Å². The van der Waals surface area contributed by atoms with E-state index in [1.54, 1.807) is 7.05 Å². The third-order valence-electron chi connectivity index (χ3n) is 3.51. The minimum absolute atomic E-state index is 0.0893. The average Bonchev–Trinajstić information content (AvgIpc) is 2.81. The van der Waals surface area contributed by atoms with Crippen LogP contribution in [-0.2, 0) is 0 Å². The van der Waals surface area contributed by atoms with E-state index in [1.165, 1.54) is 0 Å². The SMILES string of the molecule is C/N=C1/c2ccccc2/C(=N/O)C1c1ccccc1. The molecule has 1 aliphatic carbocycles. The Morgan fingerprint density at radius 1 is 0.842 bits per heavy atom. The van der Waals surface area contributed by atoms with Gasteiger partial charge in [0.25, 0.3) is 0 Å². The van der Waals surface area contributed by atoms with Gasteiger partial charge >= 0.3 is 0 Å². The van der Waals surface area contributed by atoms with Crippen LogP contribution in [0.4, 0.5) is 0 Å². The van der Waals surface area contributed by atoms with Gasteiger partial charge in [0.1, 0.15) is 5.71 Å². The molecule has 3 rings (SSSR count). The quantitative estimate of drug-likeness (QED) is 0.613. The van der Waals surface area contributed by atoms with Crippen LogP contribution in [0.5, 0.6) is 0 Å². The predicted octanol–water partition coefficient (Wildman–Crippen LogP) is 3.08. The Kier molecular flexibility index (Phi) is 2.88. The van der Waals surface area contributed by atoms with Gasteiger partial charge in [0.05, 0.1) is 11.6 Å². The first-order valence-electron chi connectivity index (χ1n) is 6.20. The van der Waals surface area contributed by atoms with Gasteiger partial charge in [-0.3, -0.25) is 4.99 Å². The fraction of sp³-hybridized carbons (Fsp3) is 0.125. The van der Waals surface area contributed by atoms with Crippen LogP contribution in [0, 0.1) is 0 Å². The average molecular weight is 250 g/mol. The summed E-state index contributed by atoms with van der Waals surface area (Å²) in [5.74, 6) is -0.0893. The molecule has 94 valence electrons. The lowest BCUT2D eigenvalue weighted by atomic mass is 9.93. The monoisotopic (exact) mass is 250 g/mol. The van der Waals surface area contributed by atoms with Crippen molar-refractivity contribution in [3.63, 3.8) is 0 Å². The van der Waals surface area contributed by atoms with E-state index in [-0.39, 0.29) is 5.92 Å². The number of oxime groups is 1. The molecule has 19 heavy (non-hydrogen) atoms. The Morgan fingerprint density at radius 2 is 1.42 bits per heavy atom. The van der Waals surface area contributed by atoms with Gasteiger partial charge in [-0.2, -0.15) is 0 Å². The Balaban J connectivity index is 2.22. The van der Waals surface area contributed by atoms with E-state index in [4.69, 9.17) is 0 Å². The van der Waals surface area contributed by atoms with Gasteiger partial charge in [-0.1, -0.05) is 59.8 Å². The van der Waals surface area contributed by atoms with Crippen molar-refractivity contribution < 1.29 is 5.21 Å². The number of hydrogen-bond acceptors (Lipinski definition) is 3.